The van der Waals surface area contributed by atoms with Crippen LogP contribution in [0.4, 0.5) is 0 Å². The van der Waals surface area contributed by atoms with Crippen LogP contribution < -0.4 is 0 Å². The van der Waals surface area contributed by atoms with Crippen LogP contribution in [0.1, 0.15) is 122 Å². The van der Waals surface area contributed by atoms with Crippen LogP contribution in [-0.4, -0.2) is 162 Å². The molecule has 0 bridgehead atoms. The first kappa shape index (κ1) is 60.2. The van der Waals surface area contributed by atoms with E-state index >= 15 is 0 Å². The summed E-state index contributed by atoms with van der Waals surface area (Å²) < 4.78 is 49.1. The minimum atomic E-state index is -1.88. The highest BCUT2D eigenvalue weighted by Gasteiger charge is 2.54. The molecule has 72 heavy (non-hydrogen) atoms. The molecular weight excluding hydrogens is 937 g/mol. The number of aliphatic hydroxyl groups excluding tert-OH is 6. The molecule has 4 saturated heterocycles. The number of aliphatic hydroxyl groups is 8. The number of allylic oxidation sites excluding steroid dienone is 4. The van der Waals surface area contributed by atoms with Crippen LogP contribution in [0.25, 0.3) is 0 Å². The molecule has 4 fully saturated rings. The van der Waals surface area contributed by atoms with E-state index in [0.717, 1.165) is 0 Å². The van der Waals surface area contributed by atoms with Crippen LogP contribution in [0, 0.1) is 47.3 Å². The van der Waals surface area contributed by atoms with Crippen molar-refractivity contribution in [3.8, 4) is 0 Å². The van der Waals surface area contributed by atoms with Gasteiger partial charge in [0, 0.05) is 85.2 Å². The highest BCUT2D eigenvalue weighted by Crippen LogP contribution is 2.45. The molecule has 5 rings (SSSR count). The second-order valence-corrected chi connectivity index (χ2v) is 21.7. The number of ether oxygens (including phenoxy) is 8. The molecule has 0 radical (unpaired) electrons. The monoisotopic (exact) mass is 1020 g/mol. The van der Waals surface area contributed by atoms with Gasteiger partial charge in [-0.15, -0.1) is 0 Å². The lowest BCUT2D eigenvalue weighted by molar-refractivity contribution is -0.345. The van der Waals surface area contributed by atoms with E-state index in [-0.39, 0.29) is 37.5 Å². The lowest BCUT2D eigenvalue weighted by Gasteiger charge is -2.50. The number of rotatable bonds is 14. The van der Waals surface area contributed by atoms with Gasteiger partial charge in [-0.05, 0) is 40.5 Å². The van der Waals surface area contributed by atoms with E-state index in [0.29, 0.717) is 12.8 Å². The van der Waals surface area contributed by atoms with Gasteiger partial charge in [-0.25, -0.2) is 9.59 Å². The first-order valence-electron chi connectivity index (χ1n) is 26.4. The third kappa shape index (κ3) is 14.4. The molecule has 5 aliphatic rings. The van der Waals surface area contributed by atoms with E-state index in [4.69, 9.17) is 37.9 Å². The molecule has 0 aromatic carbocycles. The zero-order valence-corrected chi connectivity index (χ0v) is 44.4. The van der Waals surface area contributed by atoms with Gasteiger partial charge >= 0.3 is 11.9 Å². The molecule has 0 saturated carbocycles. The topological polar surface area (TPSA) is 270 Å². The predicted molar refractivity (Wildman–Crippen MR) is 263 cm³/mol. The van der Waals surface area contributed by atoms with Crippen LogP contribution in [0.3, 0.4) is 0 Å². The van der Waals surface area contributed by atoms with Crippen molar-refractivity contribution in [2.45, 2.75) is 231 Å². The van der Waals surface area contributed by atoms with Gasteiger partial charge in [0.25, 0.3) is 0 Å². The lowest BCUT2D eigenvalue weighted by Crippen LogP contribution is -2.59. The molecular formula is C54H88O18. The fourth-order valence-corrected chi connectivity index (χ4v) is 11.6. The van der Waals surface area contributed by atoms with Crippen molar-refractivity contribution in [1.82, 2.24) is 0 Å². The Bertz CT molecular complexity index is 1710. The highest BCUT2D eigenvalue weighted by atomic mass is 16.7. The number of cyclic esters (lactones) is 2. The number of esters is 2. The number of carbonyl (C=O) groups excluding carboxylic acids is 2. The molecule has 18 heteroatoms. The molecule has 0 aliphatic carbocycles. The largest absolute Gasteiger partial charge is 0.458 e. The Labute approximate surface area is 426 Å². The molecule has 412 valence electrons. The molecule has 5 aliphatic heterocycles. The van der Waals surface area contributed by atoms with E-state index in [1.807, 2.05) is 27.7 Å². The van der Waals surface area contributed by atoms with Crippen molar-refractivity contribution in [2.24, 2.45) is 47.3 Å². The van der Waals surface area contributed by atoms with Gasteiger partial charge in [-0.1, -0.05) is 91.8 Å². The summed E-state index contributed by atoms with van der Waals surface area (Å²) in [5.74, 6) is -9.84. The molecule has 0 aromatic rings. The summed E-state index contributed by atoms with van der Waals surface area (Å²) >= 11 is 0. The number of carbonyl (C=O) groups is 2. The smallest absolute Gasteiger partial charge is 0.331 e. The van der Waals surface area contributed by atoms with Crippen molar-refractivity contribution in [2.75, 3.05) is 0 Å². The Kier molecular flexibility index (Phi) is 21.7. The maximum Gasteiger partial charge on any atom is 0.331 e. The van der Waals surface area contributed by atoms with Gasteiger partial charge in [0.1, 0.15) is 24.4 Å². The Balaban J connectivity index is 1.28. The second kappa shape index (κ2) is 25.9. The molecule has 18 nitrogen and oxygen atoms in total. The second-order valence-electron chi connectivity index (χ2n) is 21.7. The van der Waals surface area contributed by atoms with Crippen LogP contribution in [0.5, 0.6) is 0 Å². The fourth-order valence-electron chi connectivity index (χ4n) is 11.6. The SMILES string of the molecule is CC[C@@H]1[C@@H](C)O[C@@](O)([C@@H](C)[C@@H](O)[C@H](C)[C@H]2OC(=O)/C=C/C=C/[C@H](C)[C@@H]([C@@H](C)[C@H](O)[C@H](C)[C@@]3(O)C[C@@H](O[C@H]4C[C@H](O)[C@H](O)[C@H](C)O4)[C@H](CC)[C@@H](C)O3)OC(=O)/C=C/C=C[C@@H]2C)C[C@H]1O[C@H]1C[C@H](O)[C@H](O)[C@H](C)O1. The van der Waals surface area contributed by atoms with E-state index in [1.54, 1.807) is 79.7 Å². The van der Waals surface area contributed by atoms with Crippen molar-refractivity contribution in [1.29, 1.82) is 0 Å². The van der Waals surface area contributed by atoms with Crippen molar-refractivity contribution in [3.05, 3.63) is 48.6 Å². The van der Waals surface area contributed by atoms with E-state index in [2.05, 4.69) is 0 Å². The highest BCUT2D eigenvalue weighted by molar-refractivity contribution is 5.83. The van der Waals surface area contributed by atoms with Crippen molar-refractivity contribution >= 4 is 11.9 Å². The molecule has 0 spiro atoms. The van der Waals surface area contributed by atoms with Crippen molar-refractivity contribution in [3.63, 3.8) is 0 Å². The Morgan fingerprint density at radius 3 is 1.25 bits per heavy atom. The van der Waals surface area contributed by atoms with Gasteiger partial charge in [-0.2, -0.15) is 0 Å². The molecule has 0 amide bonds. The fraction of sp³-hybridized carbons (Fsp3) is 0.815. The van der Waals surface area contributed by atoms with E-state index in [1.165, 1.54) is 24.3 Å². The first-order chi connectivity index (χ1) is 33.7. The molecule has 5 heterocycles. The summed E-state index contributed by atoms with van der Waals surface area (Å²) in [6.07, 6.45) is -0.317. The number of hydrogen-bond acceptors (Lipinski definition) is 18. The van der Waals surface area contributed by atoms with Gasteiger partial charge < -0.3 is 78.7 Å². The average molecular weight is 1030 g/mol. The summed E-state index contributed by atoms with van der Waals surface area (Å²) in [5, 5.41) is 89.6. The van der Waals surface area contributed by atoms with Crippen molar-refractivity contribution < 1.29 is 88.3 Å². The summed E-state index contributed by atoms with van der Waals surface area (Å²) in [6, 6.07) is 0. The maximum atomic E-state index is 13.5. The Morgan fingerprint density at radius 2 is 0.931 bits per heavy atom. The Morgan fingerprint density at radius 1 is 0.583 bits per heavy atom. The van der Waals surface area contributed by atoms with Gasteiger partial charge in [0.05, 0.1) is 61.0 Å². The van der Waals surface area contributed by atoms with Gasteiger partial charge in [-0.3, -0.25) is 0 Å². The van der Waals surface area contributed by atoms with Crippen LogP contribution in [0.15, 0.2) is 48.6 Å². The predicted octanol–water partition coefficient (Wildman–Crippen LogP) is 4.12. The van der Waals surface area contributed by atoms with E-state index in [9.17, 15) is 50.4 Å². The molecule has 0 aromatic heterocycles. The third-order valence-electron chi connectivity index (χ3n) is 16.5. The first-order valence-corrected chi connectivity index (χ1v) is 26.4. The number of hydrogen-bond donors (Lipinski definition) is 8. The van der Waals surface area contributed by atoms with Crippen LogP contribution >= 0.6 is 0 Å². The zero-order valence-electron chi connectivity index (χ0n) is 44.4. The minimum Gasteiger partial charge on any atom is -0.458 e. The maximum absolute atomic E-state index is 13.5. The zero-order chi connectivity index (χ0) is 53.6. The van der Waals surface area contributed by atoms with E-state index < -0.39 is 157 Å². The minimum absolute atomic E-state index is 0.0264. The van der Waals surface area contributed by atoms with Crippen LogP contribution in [-0.2, 0) is 47.5 Å². The van der Waals surface area contributed by atoms with Gasteiger partial charge in [0.2, 0.25) is 0 Å². The summed E-state index contributed by atoms with van der Waals surface area (Å²) in [6.45, 7) is 21.3. The van der Waals surface area contributed by atoms with Gasteiger partial charge in [0.15, 0.2) is 24.2 Å². The summed E-state index contributed by atoms with van der Waals surface area (Å²) in [4.78, 5) is 27.0. The average Bonchev–Trinajstić information content (AvgIpc) is 3.31. The molecule has 26 atom stereocenters. The third-order valence-corrected chi connectivity index (χ3v) is 16.5. The normalized spacial score (nSPS) is 45.6. The Hall–Kier alpha value is -2.66. The quantitative estimate of drug-likeness (QED) is 0.114. The molecule has 0 unspecified atom stereocenters. The molecule has 8 N–H and O–H groups in total. The summed E-state index contributed by atoms with van der Waals surface area (Å²) in [7, 11) is 0. The lowest BCUT2D eigenvalue weighted by atomic mass is 9.76. The van der Waals surface area contributed by atoms with Crippen LogP contribution in [0.2, 0.25) is 0 Å². The standard InChI is InChI=1S/C54H88O18/c1-13-37-33(9)71-53(63,25-41(37)67-45-23-39(55)49(61)35(11)65-45)31(7)47(59)29(5)51-27(3)19-15-17-22-44(58)70-52(28(4)20-16-18-21-43(57)69-51)30(6)48(60)32(8)54(64)26-42(38(14-2)34(10)72-54)68-46-24-40(56)50(62)36(12)66-46/h15-22,27-42,45-52,55-56,59-64H,13-14,23-26H2,1-12H3/b19-15+,20-16?,21-18+,22-17+/t27-,28-,29-,30-,31-,32-,33+,34+,35-,36-,37+,38+,39-,40-,41+,42+,45-,46-,47-,48-,49+,50+,51-,52-,53+,54+/m0/s1. The summed E-state index contributed by atoms with van der Waals surface area (Å²) in [5.41, 5.74) is 0.